The highest BCUT2D eigenvalue weighted by Gasteiger charge is 2.14. The fraction of sp³-hybridized carbons (Fsp3) is 0.538. The number of nitrogens with one attached hydrogen (secondary N) is 1. The van der Waals surface area contributed by atoms with Crippen LogP contribution in [0.4, 0.5) is 0 Å². The second-order valence-corrected chi connectivity index (χ2v) is 6.35. The Hall–Kier alpha value is -0.550. The number of unbranched alkanes of at least 4 members (excludes halogenated alkanes) is 2. The molecule has 3 nitrogen and oxygen atoms in total. The molecule has 18 heavy (non-hydrogen) atoms. The summed E-state index contributed by atoms with van der Waals surface area (Å²) in [5, 5.41) is 3.71. The molecule has 0 spiro atoms. The second kappa shape index (κ2) is 8.53. The lowest BCUT2D eigenvalue weighted by Crippen LogP contribution is -2.31. The number of amides is 1. The number of nitrogens with zero attached hydrogens (tertiary/aromatic N) is 1. The number of carbonyl (C=O) groups is 1. The molecule has 0 aromatic carbocycles. The molecule has 5 heteroatoms. The summed E-state index contributed by atoms with van der Waals surface area (Å²) in [6.07, 6.45) is 5.13. The molecule has 0 aliphatic carbocycles. The molecule has 1 N–H and O–H groups in total. The average molecular weight is 331 g/mol. The van der Waals surface area contributed by atoms with Crippen molar-refractivity contribution >= 4 is 33.6 Å². The summed E-state index contributed by atoms with van der Waals surface area (Å²) in [5.74, 6) is 0.0841. The average Bonchev–Trinajstić information content (AvgIpc) is 2.37. The number of pyridine rings is 1. The predicted octanol–water partition coefficient (Wildman–Crippen LogP) is 3.63. The number of rotatable bonds is 7. The summed E-state index contributed by atoms with van der Waals surface area (Å²) in [6, 6.07) is 3.84. The Morgan fingerprint density at radius 2 is 2.28 bits per heavy atom. The molecule has 0 radical (unpaired) electrons. The van der Waals surface area contributed by atoms with Crippen molar-refractivity contribution in [2.24, 2.45) is 0 Å². The van der Waals surface area contributed by atoms with E-state index in [2.05, 4.69) is 33.2 Å². The van der Waals surface area contributed by atoms with E-state index in [0.717, 1.165) is 28.9 Å². The smallest absolute Gasteiger partial charge is 0.233 e. The van der Waals surface area contributed by atoms with Gasteiger partial charge in [-0.05, 0) is 41.4 Å². The van der Waals surface area contributed by atoms with Crippen LogP contribution in [0.25, 0.3) is 0 Å². The maximum absolute atomic E-state index is 11.8. The molecular weight excluding hydrogens is 312 g/mol. The fourth-order valence-electron chi connectivity index (χ4n) is 1.40. The maximum Gasteiger partial charge on any atom is 0.233 e. The molecule has 1 unspecified atom stereocenters. The lowest BCUT2D eigenvalue weighted by Gasteiger charge is -2.11. The first kappa shape index (κ1) is 15.5. The normalized spacial score (nSPS) is 12.2. The number of hydrogen-bond donors (Lipinski definition) is 1. The molecule has 1 rings (SSSR count). The molecule has 0 aliphatic heterocycles. The highest BCUT2D eigenvalue weighted by atomic mass is 79.9. The highest BCUT2D eigenvalue weighted by Crippen LogP contribution is 2.22. The number of carbonyl (C=O) groups excluding carboxylic acids is 1. The van der Waals surface area contributed by atoms with Crippen molar-refractivity contribution in [2.75, 3.05) is 6.54 Å². The maximum atomic E-state index is 11.8. The van der Waals surface area contributed by atoms with E-state index < -0.39 is 0 Å². The quantitative estimate of drug-likeness (QED) is 0.613. The van der Waals surface area contributed by atoms with Gasteiger partial charge in [0.1, 0.15) is 0 Å². The molecule has 0 fully saturated rings. The van der Waals surface area contributed by atoms with Gasteiger partial charge >= 0.3 is 0 Å². The van der Waals surface area contributed by atoms with Crippen molar-refractivity contribution in [3.8, 4) is 0 Å². The van der Waals surface area contributed by atoms with E-state index in [1.807, 2.05) is 19.1 Å². The van der Waals surface area contributed by atoms with E-state index in [9.17, 15) is 4.79 Å². The topological polar surface area (TPSA) is 42.0 Å². The molecule has 1 aromatic rings. The molecule has 1 heterocycles. The molecule has 0 bridgehead atoms. The predicted molar refractivity (Wildman–Crippen MR) is 79.8 cm³/mol. The van der Waals surface area contributed by atoms with Crippen molar-refractivity contribution in [1.82, 2.24) is 10.3 Å². The van der Waals surface area contributed by atoms with Crippen molar-refractivity contribution < 1.29 is 4.79 Å². The van der Waals surface area contributed by atoms with Gasteiger partial charge in [0.05, 0.1) is 10.3 Å². The number of hydrogen-bond acceptors (Lipinski definition) is 3. The number of halogens is 1. The minimum Gasteiger partial charge on any atom is -0.355 e. The van der Waals surface area contributed by atoms with E-state index in [1.54, 1.807) is 6.20 Å². The van der Waals surface area contributed by atoms with Crippen LogP contribution >= 0.6 is 27.7 Å². The molecule has 1 atom stereocenters. The van der Waals surface area contributed by atoms with E-state index in [1.165, 1.54) is 18.2 Å². The van der Waals surface area contributed by atoms with Crippen LogP contribution in [0, 0.1) is 0 Å². The Morgan fingerprint density at radius 3 is 2.89 bits per heavy atom. The Morgan fingerprint density at radius 1 is 1.50 bits per heavy atom. The summed E-state index contributed by atoms with van der Waals surface area (Å²) in [5.41, 5.74) is 0. The minimum absolute atomic E-state index is 0.0841. The Balaban J connectivity index is 2.33. The van der Waals surface area contributed by atoms with Crippen LogP contribution in [0.5, 0.6) is 0 Å². The Kier molecular flexibility index (Phi) is 7.35. The minimum atomic E-state index is -0.111. The molecule has 1 amide bonds. The van der Waals surface area contributed by atoms with Crippen molar-refractivity contribution in [3.63, 3.8) is 0 Å². The lowest BCUT2D eigenvalue weighted by atomic mass is 10.2. The highest BCUT2D eigenvalue weighted by molar-refractivity contribution is 9.10. The Labute approximate surface area is 121 Å². The van der Waals surface area contributed by atoms with Crippen molar-refractivity contribution in [1.29, 1.82) is 0 Å². The van der Waals surface area contributed by atoms with Gasteiger partial charge in [0.25, 0.3) is 0 Å². The van der Waals surface area contributed by atoms with E-state index in [-0.39, 0.29) is 11.2 Å². The molecular formula is C13H19BrN2OS. The zero-order chi connectivity index (χ0) is 13.4. The summed E-state index contributed by atoms with van der Waals surface area (Å²) in [4.78, 5) is 16.1. The van der Waals surface area contributed by atoms with Gasteiger partial charge < -0.3 is 5.32 Å². The third kappa shape index (κ3) is 5.87. The fourth-order valence-corrected chi connectivity index (χ4v) is 2.44. The second-order valence-electron chi connectivity index (χ2n) is 4.07. The van der Waals surface area contributed by atoms with E-state index in [4.69, 9.17) is 0 Å². The van der Waals surface area contributed by atoms with Gasteiger partial charge in [-0.3, -0.25) is 4.79 Å². The van der Waals surface area contributed by atoms with Gasteiger partial charge in [-0.1, -0.05) is 31.5 Å². The van der Waals surface area contributed by atoms with Gasteiger partial charge in [-0.2, -0.15) is 0 Å². The van der Waals surface area contributed by atoms with Crippen LogP contribution in [0.15, 0.2) is 27.8 Å². The van der Waals surface area contributed by atoms with Crippen LogP contribution in [-0.4, -0.2) is 22.7 Å². The zero-order valence-corrected chi connectivity index (χ0v) is 13.2. The van der Waals surface area contributed by atoms with Crippen molar-refractivity contribution in [2.45, 2.75) is 43.4 Å². The first-order valence-electron chi connectivity index (χ1n) is 6.19. The van der Waals surface area contributed by atoms with Gasteiger partial charge in [-0.15, -0.1) is 0 Å². The molecule has 0 saturated heterocycles. The summed E-state index contributed by atoms with van der Waals surface area (Å²) in [7, 11) is 0. The molecule has 100 valence electrons. The SMILES string of the molecule is CCCCCNC(=O)C(C)Sc1ccc(Br)cn1. The van der Waals surface area contributed by atoms with Crippen LogP contribution in [0.2, 0.25) is 0 Å². The first-order valence-corrected chi connectivity index (χ1v) is 7.86. The standard InChI is InChI=1S/C13H19BrN2OS/c1-3-4-5-8-15-13(17)10(2)18-12-7-6-11(14)9-16-12/h6-7,9-10H,3-5,8H2,1-2H3,(H,15,17). The first-order chi connectivity index (χ1) is 8.63. The van der Waals surface area contributed by atoms with Gasteiger partial charge in [0, 0.05) is 17.2 Å². The van der Waals surface area contributed by atoms with E-state index in [0.29, 0.717) is 0 Å². The van der Waals surface area contributed by atoms with E-state index >= 15 is 0 Å². The van der Waals surface area contributed by atoms with Crippen LogP contribution in [-0.2, 0) is 4.79 Å². The zero-order valence-electron chi connectivity index (χ0n) is 10.8. The molecule has 0 saturated carbocycles. The largest absolute Gasteiger partial charge is 0.355 e. The number of thioether (sulfide) groups is 1. The number of aromatic nitrogens is 1. The molecule has 1 aromatic heterocycles. The lowest BCUT2D eigenvalue weighted by molar-refractivity contribution is -0.120. The third-order valence-electron chi connectivity index (χ3n) is 2.45. The Bertz CT molecular complexity index is 370. The van der Waals surface area contributed by atoms with Crippen LogP contribution in [0.1, 0.15) is 33.1 Å². The summed E-state index contributed by atoms with van der Waals surface area (Å²) in [6.45, 7) is 4.83. The third-order valence-corrected chi connectivity index (χ3v) is 3.97. The summed E-state index contributed by atoms with van der Waals surface area (Å²) < 4.78 is 0.948. The van der Waals surface area contributed by atoms with Gasteiger partial charge in [-0.25, -0.2) is 4.98 Å². The van der Waals surface area contributed by atoms with Crippen molar-refractivity contribution in [3.05, 3.63) is 22.8 Å². The van der Waals surface area contributed by atoms with Gasteiger partial charge in [0.2, 0.25) is 5.91 Å². The van der Waals surface area contributed by atoms with Gasteiger partial charge in [0.15, 0.2) is 0 Å². The monoisotopic (exact) mass is 330 g/mol. The van der Waals surface area contributed by atoms with Crippen LogP contribution in [0.3, 0.4) is 0 Å². The van der Waals surface area contributed by atoms with Crippen LogP contribution < -0.4 is 5.32 Å². The summed E-state index contributed by atoms with van der Waals surface area (Å²) >= 11 is 4.82. The molecule has 0 aliphatic rings.